The molecule has 7 nitrogen and oxygen atoms in total. The monoisotopic (exact) mass is 476 g/mol. The van der Waals surface area contributed by atoms with Crippen LogP contribution in [-0.4, -0.2) is 34.5 Å². The molecule has 2 aromatic carbocycles. The van der Waals surface area contributed by atoms with E-state index < -0.39 is 24.4 Å². The first-order valence-electron chi connectivity index (χ1n) is 12.5. The van der Waals surface area contributed by atoms with Gasteiger partial charge in [-0.25, -0.2) is 0 Å². The van der Waals surface area contributed by atoms with Gasteiger partial charge < -0.3 is 19.2 Å². The Morgan fingerprint density at radius 2 is 1.91 bits per heavy atom. The fraction of sp³-hybridized carbons (Fsp3) is 0.321. The summed E-state index contributed by atoms with van der Waals surface area (Å²) in [5.41, 5.74) is 1.42. The van der Waals surface area contributed by atoms with E-state index in [1.54, 1.807) is 50.4 Å². The zero-order valence-electron chi connectivity index (χ0n) is 21.9. The van der Waals surface area contributed by atoms with Crippen molar-refractivity contribution in [3.63, 3.8) is 0 Å². The van der Waals surface area contributed by atoms with Crippen LogP contribution in [0.3, 0.4) is 0 Å². The summed E-state index contributed by atoms with van der Waals surface area (Å²) in [5.74, 6) is -0.465. The quantitative estimate of drug-likeness (QED) is 0.327. The van der Waals surface area contributed by atoms with E-state index >= 15 is 0 Å². The largest absolute Gasteiger partial charge is 0.493 e. The standard InChI is InChI=1S/C28H30N2O5/c1-20(2)30(28(33)23-12-10-22(11-13-23)25-7-6-16-35-25)19-24-17-21(18-29)9-14-26(24)34-15-5-3-4-8-27(31)32/h6-7,9-14,16-17,20H,3-5,8,15,19H2,1-2H3,(H,31,32)/i19D2. The second-order valence-corrected chi connectivity index (χ2v) is 8.31. The van der Waals surface area contributed by atoms with E-state index in [0.29, 0.717) is 30.6 Å². The molecule has 1 aromatic heterocycles. The van der Waals surface area contributed by atoms with Gasteiger partial charge in [0.1, 0.15) is 11.5 Å². The van der Waals surface area contributed by atoms with Crippen molar-refractivity contribution in [2.24, 2.45) is 0 Å². The number of furan rings is 1. The molecule has 0 bridgehead atoms. The highest BCUT2D eigenvalue weighted by atomic mass is 16.5. The summed E-state index contributed by atoms with van der Waals surface area (Å²) in [4.78, 5) is 25.4. The molecule has 35 heavy (non-hydrogen) atoms. The number of ether oxygens (including phenoxy) is 1. The van der Waals surface area contributed by atoms with Crippen LogP contribution in [0.1, 0.15) is 63.8 Å². The van der Waals surface area contributed by atoms with Crippen molar-refractivity contribution in [2.45, 2.75) is 52.1 Å². The molecule has 3 rings (SSSR count). The summed E-state index contributed by atoms with van der Waals surface area (Å²) in [6, 6.07) is 16.3. The number of hydrogen-bond donors (Lipinski definition) is 1. The topological polar surface area (TPSA) is 104 Å². The molecule has 1 heterocycles. The number of nitrogens with zero attached hydrogens (tertiary/aromatic N) is 2. The summed E-state index contributed by atoms with van der Waals surface area (Å²) in [6.45, 7) is 1.41. The number of benzene rings is 2. The van der Waals surface area contributed by atoms with Gasteiger partial charge in [-0.05, 0) is 75.6 Å². The Morgan fingerprint density at radius 3 is 2.54 bits per heavy atom. The Kier molecular flexibility index (Phi) is 8.07. The third kappa shape index (κ3) is 7.21. The molecule has 1 amide bonds. The molecule has 0 saturated carbocycles. The molecule has 0 aliphatic rings. The molecule has 3 aromatic rings. The molecular formula is C28H30N2O5. The highest BCUT2D eigenvalue weighted by Crippen LogP contribution is 2.25. The highest BCUT2D eigenvalue weighted by Gasteiger charge is 2.21. The lowest BCUT2D eigenvalue weighted by Crippen LogP contribution is -2.36. The van der Waals surface area contributed by atoms with Gasteiger partial charge in [0.2, 0.25) is 0 Å². The van der Waals surface area contributed by atoms with E-state index in [4.69, 9.17) is 17.0 Å². The molecule has 0 radical (unpaired) electrons. The Bertz CT molecular complexity index is 1250. The Balaban J connectivity index is 1.86. The van der Waals surface area contributed by atoms with Crippen molar-refractivity contribution in [3.8, 4) is 23.1 Å². The number of carbonyl (C=O) groups is 2. The summed E-state index contributed by atoms with van der Waals surface area (Å²) in [6.07, 6.45) is 3.40. The van der Waals surface area contributed by atoms with Crippen LogP contribution in [0.2, 0.25) is 0 Å². The maximum atomic E-state index is 13.6. The van der Waals surface area contributed by atoms with Gasteiger partial charge in [-0.3, -0.25) is 9.59 Å². The van der Waals surface area contributed by atoms with Crippen molar-refractivity contribution < 1.29 is 26.6 Å². The summed E-state index contributed by atoms with van der Waals surface area (Å²) >= 11 is 0. The van der Waals surface area contributed by atoms with Crippen LogP contribution >= 0.6 is 0 Å². The van der Waals surface area contributed by atoms with Gasteiger partial charge in [-0.2, -0.15) is 5.26 Å². The van der Waals surface area contributed by atoms with Crippen LogP contribution in [0.4, 0.5) is 0 Å². The number of hydrogen-bond acceptors (Lipinski definition) is 5. The average Bonchev–Trinajstić information content (AvgIpc) is 3.41. The second-order valence-electron chi connectivity index (χ2n) is 8.31. The van der Waals surface area contributed by atoms with Crippen molar-refractivity contribution in [2.75, 3.05) is 6.61 Å². The normalized spacial score (nSPS) is 11.9. The zero-order chi connectivity index (χ0) is 27.0. The molecule has 0 fully saturated rings. The summed E-state index contributed by atoms with van der Waals surface area (Å²) in [5, 5.41) is 18.2. The fourth-order valence-electron chi connectivity index (χ4n) is 3.45. The van der Waals surface area contributed by atoms with E-state index in [1.165, 1.54) is 18.2 Å². The number of nitriles is 1. The lowest BCUT2D eigenvalue weighted by molar-refractivity contribution is -0.137. The second kappa shape index (κ2) is 12.4. The molecule has 0 aliphatic heterocycles. The van der Waals surface area contributed by atoms with E-state index in [-0.39, 0.29) is 29.9 Å². The first-order valence-corrected chi connectivity index (χ1v) is 11.5. The lowest BCUT2D eigenvalue weighted by atomic mass is 10.1. The van der Waals surface area contributed by atoms with Gasteiger partial charge in [0.25, 0.3) is 5.91 Å². The van der Waals surface area contributed by atoms with Crippen molar-refractivity contribution in [1.29, 1.82) is 5.26 Å². The number of amides is 1. The van der Waals surface area contributed by atoms with Crippen molar-refractivity contribution in [3.05, 3.63) is 77.6 Å². The van der Waals surface area contributed by atoms with Gasteiger partial charge >= 0.3 is 5.97 Å². The lowest BCUT2D eigenvalue weighted by Gasteiger charge is -2.28. The smallest absolute Gasteiger partial charge is 0.303 e. The summed E-state index contributed by atoms with van der Waals surface area (Å²) in [7, 11) is 0. The number of rotatable bonds is 12. The molecule has 0 saturated heterocycles. The predicted octanol–water partition coefficient (Wildman–Crippen LogP) is 5.89. The molecular weight excluding hydrogens is 444 g/mol. The van der Waals surface area contributed by atoms with Crippen molar-refractivity contribution in [1.82, 2.24) is 4.90 Å². The molecule has 7 heteroatoms. The van der Waals surface area contributed by atoms with E-state index in [0.717, 1.165) is 10.5 Å². The molecule has 0 spiro atoms. The third-order valence-electron chi connectivity index (χ3n) is 5.31. The first kappa shape index (κ1) is 22.7. The maximum Gasteiger partial charge on any atom is 0.303 e. The number of carboxylic acids is 1. The number of carboxylic acid groups (broad SMARTS) is 1. The Morgan fingerprint density at radius 1 is 1.14 bits per heavy atom. The molecule has 1 N–H and O–H groups in total. The first-order chi connectivity index (χ1) is 17.6. The van der Waals surface area contributed by atoms with Crippen LogP contribution < -0.4 is 4.74 Å². The van der Waals surface area contributed by atoms with Gasteiger partial charge in [-0.1, -0.05) is 12.1 Å². The maximum absolute atomic E-state index is 13.6. The van der Waals surface area contributed by atoms with E-state index in [9.17, 15) is 14.9 Å². The minimum Gasteiger partial charge on any atom is -0.493 e. The highest BCUT2D eigenvalue weighted by molar-refractivity contribution is 5.94. The number of unbranched alkanes of at least 4 members (excludes halogenated alkanes) is 2. The summed E-state index contributed by atoms with van der Waals surface area (Å²) < 4.78 is 29.3. The zero-order valence-corrected chi connectivity index (χ0v) is 19.9. The molecule has 0 atom stereocenters. The molecule has 182 valence electrons. The van der Waals surface area contributed by atoms with Gasteiger partial charge in [0.15, 0.2) is 0 Å². The number of aliphatic carboxylic acids is 1. The van der Waals surface area contributed by atoms with Gasteiger partial charge in [-0.15, -0.1) is 0 Å². The van der Waals surface area contributed by atoms with Crippen LogP contribution in [0, 0.1) is 11.3 Å². The number of carbonyl (C=O) groups excluding carboxylic acids is 1. The average molecular weight is 477 g/mol. The third-order valence-corrected chi connectivity index (χ3v) is 5.31. The Labute approximate surface area is 208 Å². The molecule has 0 aliphatic carbocycles. The minimum absolute atomic E-state index is 0.0753. The molecule has 0 unspecified atom stereocenters. The van der Waals surface area contributed by atoms with Crippen LogP contribution in [0.15, 0.2) is 65.3 Å². The van der Waals surface area contributed by atoms with Crippen LogP contribution in [-0.2, 0) is 11.3 Å². The Hall–Kier alpha value is -4.05. The van der Waals surface area contributed by atoms with Crippen molar-refractivity contribution >= 4 is 11.9 Å². The predicted molar refractivity (Wildman–Crippen MR) is 132 cm³/mol. The SMILES string of the molecule is [2H]C([2H])(c1cc(C#N)ccc1OCCCCCC(=O)O)N(C(=O)c1ccc(-c2ccco2)cc1)C(C)C. The van der Waals surface area contributed by atoms with Crippen LogP contribution in [0.25, 0.3) is 11.3 Å². The van der Waals surface area contributed by atoms with E-state index in [2.05, 4.69) is 0 Å². The van der Waals surface area contributed by atoms with Gasteiger partial charge in [0, 0.05) is 35.6 Å². The van der Waals surface area contributed by atoms with E-state index in [1.807, 2.05) is 12.1 Å². The minimum atomic E-state index is -2.30. The fourth-order valence-corrected chi connectivity index (χ4v) is 3.45. The van der Waals surface area contributed by atoms with Crippen LogP contribution in [0.5, 0.6) is 5.75 Å². The van der Waals surface area contributed by atoms with Gasteiger partial charge in [0.05, 0.1) is 27.2 Å².